The van der Waals surface area contributed by atoms with Gasteiger partial charge in [0, 0.05) is 43.1 Å². The summed E-state index contributed by atoms with van der Waals surface area (Å²) in [5.41, 5.74) is -3.19. The minimum atomic E-state index is -0.846. The molecule has 8 rings (SSSR count). The van der Waals surface area contributed by atoms with Crippen LogP contribution in [0.2, 0.25) is 0 Å². The number of nitro groups is 4. The first-order valence-electron chi connectivity index (χ1n) is 16.2. The van der Waals surface area contributed by atoms with Crippen LogP contribution in [-0.4, -0.2) is 19.7 Å². The van der Waals surface area contributed by atoms with E-state index in [0.29, 0.717) is 21.9 Å². The molecule has 0 saturated heterocycles. The van der Waals surface area contributed by atoms with Gasteiger partial charge in [0.1, 0.15) is 11.2 Å². The molecule has 0 atom stereocenters. The van der Waals surface area contributed by atoms with E-state index in [1.165, 1.54) is 0 Å². The first-order chi connectivity index (χ1) is 24.4. The van der Waals surface area contributed by atoms with Crippen molar-refractivity contribution >= 4 is 98.9 Å². The summed E-state index contributed by atoms with van der Waals surface area (Å²) in [6.07, 6.45) is 0. The Morgan fingerprint density at radius 3 is 1.08 bits per heavy atom. The van der Waals surface area contributed by atoms with Gasteiger partial charge in [0.15, 0.2) is 0 Å². The van der Waals surface area contributed by atoms with Crippen LogP contribution < -0.4 is 0 Å². The predicted molar refractivity (Wildman–Crippen MR) is 198 cm³/mol. The Hall–Kier alpha value is -6.70. The fraction of sp³-hybridized carbons (Fsp3) is 0.211. The van der Waals surface area contributed by atoms with Crippen LogP contribution in [0.25, 0.3) is 76.2 Å². The number of nitro benzene ring substituents is 4. The summed E-state index contributed by atoms with van der Waals surface area (Å²) >= 11 is 0. The van der Waals surface area contributed by atoms with E-state index in [1.807, 2.05) is 41.5 Å². The second-order valence-corrected chi connectivity index (χ2v) is 15.0. The SMILES string of the molecule is CC(C)(C)c1ccc2c(c1)c([N+](=O)[O-])c([N+](=O)[O-])c1oc3c4ccccc4c4oc5c([N+](=O)[O-])c([N+](=O)[O-])c6cc(C(C)(C)C)ccc6c5c4c3c12. The topological polar surface area (TPSA) is 199 Å². The quantitative estimate of drug-likeness (QED) is 0.126. The Morgan fingerprint density at radius 1 is 0.423 bits per heavy atom. The molecule has 0 N–H and O–H groups in total. The van der Waals surface area contributed by atoms with Crippen LogP contribution in [0.15, 0.2) is 69.5 Å². The fourth-order valence-corrected chi connectivity index (χ4v) is 7.47. The van der Waals surface area contributed by atoms with Gasteiger partial charge in [0.25, 0.3) is 0 Å². The largest absolute Gasteiger partial charge is 0.448 e. The maximum atomic E-state index is 12.8. The van der Waals surface area contributed by atoms with E-state index in [-0.39, 0.29) is 65.4 Å². The molecule has 0 saturated carbocycles. The number of rotatable bonds is 4. The van der Waals surface area contributed by atoms with Crippen LogP contribution in [0.3, 0.4) is 0 Å². The van der Waals surface area contributed by atoms with Crippen LogP contribution >= 0.6 is 0 Å². The molecule has 0 aliphatic heterocycles. The molecule has 14 nitrogen and oxygen atoms in total. The van der Waals surface area contributed by atoms with E-state index >= 15 is 0 Å². The summed E-state index contributed by atoms with van der Waals surface area (Å²) in [4.78, 5) is 47.8. The minimum absolute atomic E-state index is 0.00901. The van der Waals surface area contributed by atoms with Gasteiger partial charge >= 0.3 is 22.7 Å². The Bertz CT molecular complexity index is 2790. The molecule has 2 heterocycles. The molecule has 0 radical (unpaired) electrons. The van der Waals surface area contributed by atoms with Crippen molar-refractivity contribution in [3.8, 4) is 0 Å². The van der Waals surface area contributed by atoms with Crippen molar-refractivity contribution in [3.05, 3.63) is 112 Å². The fourth-order valence-electron chi connectivity index (χ4n) is 7.47. The second kappa shape index (κ2) is 10.4. The highest BCUT2D eigenvalue weighted by atomic mass is 16.6. The normalized spacial score (nSPS) is 12.7. The molecule has 0 unspecified atom stereocenters. The number of fused-ring (bicyclic) bond motifs is 14. The Labute approximate surface area is 291 Å². The van der Waals surface area contributed by atoms with Gasteiger partial charge in [-0.25, -0.2) is 0 Å². The van der Waals surface area contributed by atoms with Gasteiger partial charge in [-0.15, -0.1) is 0 Å². The molecule has 8 aromatic rings. The van der Waals surface area contributed by atoms with Crippen LogP contribution in [0.1, 0.15) is 52.7 Å². The molecule has 52 heavy (non-hydrogen) atoms. The van der Waals surface area contributed by atoms with E-state index in [2.05, 4.69) is 0 Å². The molecule has 0 aliphatic carbocycles. The average molecular weight is 701 g/mol. The van der Waals surface area contributed by atoms with Crippen molar-refractivity contribution in [2.45, 2.75) is 52.4 Å². The smallest absolute Gasteiger partial charge is 0.389 e. The number of hydrogen-bond donors (Lipinski definition) is 0. The van der Waals surface area contributed by atoms with Crippen molar-refractivity contribution in [1.29, 1.82) is 0 Å². The van der Waals surface area contributed by atoms with Crippen LogP contribution in [0, 0.1) is 40.5 Å². The zero-order chi connectivity index (χ0) is 37.3. The lowest BCUT2D eigenvalue weighted by Crippen LogP contribution is -2.11. The molecule has 14 heteroatoms. The molecular formula is C38H28N4O10. The van der Waals surface area contributed by atoms with Gasteiger partial charge in [-0.3, -0.25) is 40.5 Å². The lowest BCUT2D eigenvalue weighted by Gasteiger charge is -2.19. The zero-order valence-corrected chi connectivity index (χ0v) is 28.6. The molecule has 0 amide bonds. The maximum Gasteiger partial charge on any atom is 0.389 e. The molecule has 0 bridgehead atoms. The lowest BCUT2D eigenvalue weighted by molar-refractivity contribution is -0.420. The van der Waals surface area contributed by atoms with E-state index in [4.69, 9.17) is 8.83 Å². The van der Waals surface area contributed by atoms with Gasteiger partial charge in [-0.05, 0) is 34.1 Å². The zero-order valence-electron chi connectivity index (χ0n) is 28.6. The number of nitrogens with zero attached hydrogens (tertiary/aromatic N) is 4. The summed E-state index contributed by atoms with van der Waals surface area (Å²) < 4.78 is 12.7. The predicted octanol–water partition coefficient (Wildman–Crippen LogP) is 11.2. The standard InChI is InChI=1S/C38H28N4O10/c1-37(2,3)17-11-13-19-23(15-17)29(39(43)44)31(41(47)48)35-25(19)27-28-26-20-14-12-18(38(4,5)6)16-24(20)30(40(45)46)32(42(49)50)36(26)52-34(28)22-10-8-7-9-21(22)33(27)51-35/h7-16H,1-6H3. The number of benzene rings is 6. The number of furan rings is 2. The minimum Gasteiger partial charge on any atom is -0.448 e. The number of hydrogen-bond acceptors (Lipinski definition) is 10. The molecule has 2 aromatic heterocycles. The molecule has 0 aliphatic rings. The molecule has 6 aromatic carbocycles. The average Bonchev–Trinajstić information content (AvgIpc) is 3.65. The van der Waals surface area contributed by atoms with E-state index in [0.717, 1.165) is 0 Å². The molecular weight excluding hydrogens is 672 g/mol. The van der Waals surface area contributed by atoms with E-state index < -0.39 is 53.3 Å². The van der Waals surface area contributed by atoms with Crippen LogP contribution in [0.4, 0.5) is 22.7 Å². The summed E-state index contributed by atoms with van der Waals surface area (Å²) in [6, 6.07) is 16.8. The third-order valence-corrected chi connectivity index (χ3v) is 9.91. The van der Waals surface area contributed by atoms with Gasteiger partial charge in [-0.2, -0.15) is 0 Å². The van der Waals surface area contributed by atoms with Gasteiger partial charge in [-0.1, -0.05) is 90.1 Å². The Morgan fingerprint density at radius 2 is 0.769 bits per heavy atom. The van der Waals surface area contributed by atoms with Crippen molar-refractivity contribution in [1.82, 2.24) is 0 Å². The third-order valence-electron chi connectivity index (χ3n) is 9.91. The molecule has 260 valence electrons. The third kappa shape index (κ3) is 4.30. The first-order valence-corrected chi connectivity index (χ1v) is 16.2. The van der Waals surface area contributed by atoms with Crippen LogP contribution in [-0.2, 0) is 10.8 Å². The van der Waals surface area contributed by atoms with Crippen molar-refractivity contribution in [2.24, 2.45) is 0 Å². The van der Waals surface area contributed by atoms with Gasteiger partial charge < -0.3 is 8.83 Å². The highest BCUT2D eigenvalue weighted by Gasteiger charge is 2.40. The van der Waals surface area contributed by atoms with Crippen molar-refractivity contribution < 1.29 is 28.5 Å². The van der Waals surface area contributed by atoms with Gasteiger partial charge in [0.05, 0.1) is 30.5 Å². The maximum absolute atomic E-state index is 12.8. The highest BCUT2D eigenvalue weighted by Crippen LogP contribution is 2.55. The summed E-state index contributed by atoms with van der Waals surface area (Å²) in [7, 11) is 0. The molecule has 0 fully saturated rings. The van der Waals surface area contributed by atoms with Crippen molar-refractivity contribution in [2.75, 3.05) is 0 Å². The first kappa shape index (κ1) is 32.5. The van der Waals surface area contributed by atoms with Crippen molar-refractivity contribution in [3.63, 3.8) is 0 Å². The summed E-state index contributed by atoms with van der Waals surface area (Å²) in [6.45, 7) is 11.5. The highest BCUT2D eigenvalue weighted by molar-refractivity contribution is 6.41. The van der Waals surface area contributed by atoms with Crippen LogP contribution in [0.5, 0.6) is 0 Å². The summed E-state index contributed by atoms with van der Waals surface area (Å²) in [5, 5.41) is 53.3. The summed E-state index contributed by atoms with van der Waals surface area (Å²) in [5.74, 6) is 0. The monoisotopic (exact) mass is 700 g/mol. The Kier molecular flexibility index (Phi) is 6.51. The second-order valence-electron chi connectivity index (χ2n) is 15.0. The lowest BCUT2D eigenvalue weighted by atomic mass is 9.84. The van der Waals surface area contributed by atoms with E-state index in [1.54, 1.807) is 60.7 Å². The van der Waals surface area contributed by atoms with E-state index in [9.17, 15) is 40.5 Å². The molecule has 0 spiro atoms. The van der Waals surface area contributed by atoms with Gasteiger partial charge in [0.2, 0.25) is 11.2 Å². The Balaban J connectivity index is 1.77.